The molecule has 1 rings (SSSR count). The fraction of sp³-hybridized carbons (Fsp3) is 0.500. The number of rotatable bonds is 5. The van der Waals surface area contributed by atoms with Crippen molar-refractivity contribution < 1.29 is 23.9 Å². The summed E-state index contributed by atoms with van der Waals surface area (Å²) in [5.41, 5.74) is 0.0560. The average molecular weight is 335 g/mol. The predicted octanol–water partition coefficient (Wildman–Crippen LogP) is 3.29. The number of hydrogen-bond acceptors (Lipinski definition) is 5. The third kappa shape index (κ3) is 6.02. The third-order valence-electron chi connectivity index (χ3n) is 3.11. The van der Waals surface area contributed by atoms with Gasteiger partial charge in [-0.05, 0) is 33.3 Å². The van der Waals surface area contributed by atoms with Crippen LogP contribution in [0.4, 0.5) is 4.79 Å². The Hall–Kier alpha value is -2.37. The van der Waals surface area contributed by atoms with Gasteiger partial charge in [-0.25, -0.2) is 14.5 Å². The molecule has 6 nitrogen and oxygen atoms in total. The van der Waals surface area contributed by atoms with Crippen molar-refractivity contribution in [3.63, 3.8) is 0 Å². The first-order valence-corrected chi connectivity index (χ1v) is 7.91. The van der Waals surface area contributed by atoms with Crippen LogP contribution >= 0.6 is 0 Å². The van der Waals surface area contributed by atoms with Crippen LogP contribution in [0.5, 0.6) is 0 Å². The van der Waals surface area contributed by atoms with E-state index in [4.69, 9.17) is 9.47 Å². The fourth-order valence-corrected chi connectivity index (χ4v) is 1.91. The number of ether oxygens (including phenoxy) is 2. The van der Waals surface area contributed by atoms with Crippen molar-refractivity contribution in [2.45, 2.75) is 59.3 Å². The number of amides is 2. The summed E-state index contributed by atoms with van der Waals surface area (Å²) < 4.78 is 10.4. The van der Waals surface area contributed by atoms with E-state index >= 15 is 0 Å². The molecule has 0 aliphatic rings. The van der Waals surface area contributed by atoms with E-state index in [2.05, 4.69) is 0 Å². The van der Waals surface area contributed by atoms with E-state index in [1.165, 1.54) is 6.92 Å². The summed E-state index contributed by atoms with van der Waals surface area (Å²) in [5, 5.41) is 0. The van der Waals surface area contributed by atoms with Crippen molar-refractivity contribution in [1.82, 2.24) is 4.90 Å². The maximum Gasteiger partial charge on any atom is 0.417 e. The lowest BCUT2D eigenvalue weighted by Gasteiger charge is -2.29. The van der Waals surface area contributed by atoms with Crippen LogP contribution in [0.3, 0.4) is 0 Å². The molecule has 0 radical (unpaired) electrons. The predicted molar refractivity (Wildman–Crippen MR) is 89.1 cm³/mol. The monoisotopic (exact) mass is 335 g/mol. The number of hydrogen-bond donors (Lipinski definition) is 0. The quantitative estimate of drug-likeness (QED) is 0.772. The molecule has 1 atom stereocenters. The van der Waals surface area contributed by atoms with E-state index in [1.54, 1.807) is 27.7 Å². The van der Waals surface area contributed by atoms with Gasteiger partial charge in [0.15, 0.2) is 0 Å². The van der Waals surface area contributed by atoms with Crippen molar-refractivity contribution in [2.24, 2.45) is 0 Å². The zero-order valence-electron chi connectivity index (χ0n) is 14.9. The summed E-state index contributed by atoms with van der Waals surface area (Å²) in [7, 11) is 0. The minimum absolute atomic E-state index is 0.0759. The molecule has 1 aromatic rings. The molecule has 1 aromatic carbocycles. The highest BCUT2D eigenvalue weighted by molar-refractivity contribution is 5.96. The first-order chi connectivity index (χ1) is 11.2. The second-order valence-corrected chi connectivity index (χ2v) is 6.37. The van der Waals surface area contributed by atoms with Gasteiger partial charge in [-0.2, -0.15) is 0 Å². The Kier molecular flexibility index (Phi) is 6.95. The summed E-state index contributed by atoms with van der Waals surface area (Å²) in [6.07, 6.45) is -0.770. The second kappa shape index (κ2) is 8.47. The standard InChI is InChI=1S/C18H25NO5/c1-6-15(20)19(17(22)24-18(3,4)5)13(2)16(21)23-12-14-10-8-7-9-11-14/h7-11,13H,6,12H2,1-5H3/t13-/m0/s1. The molecule has 24 heavy (non-hydrogen) atoms. The maximum absolute atomic E-state index is 12.3. The number of imide groups is 1. The summed E-state index contributed by atoms with van der Waals surface area (Å²) >= 11 is 0. The summed E-state index contributed by atoms with van der Waals surface area (Å²) in [4.78, 5) is 37.4. The molecular formula is C18H25NO5. The van der Waals surface area contributed by atoms with Gasteiger partial charge in [-0.3, -0.25) is 4.79 Å². The molecule has 0 aliphatic heterocycles. The van der Waals surface area contributed by atoms with Crippen molar-refractivity contribution in [1.29, 1.82) is 0 Å². The van der Waals surface area contributed by atoms with Gasteiger partial charge in [0.05, 0.1) is 0 Å². The van der Waals surface area contributed by atoms with E-state index < -0.39 is 29.6 Å². The van der Waals surface area contributed by atoms with Crippen LogP contribution in [0.15, 0.2) is 30.3 Å². The molecule has 0 bridgehead atoms. The molecule has 0 fully saturated rings. The third-order valence-corrected chi connectivity index (χ3v) is 3.11. The molecule has 0 saturated heterocycles. The molecule has 0 heterocycles. The van der Waals surface area contributed by atoms with E-state index in [-0.39, 0.29) is 13.0 Å². The summed E-state index contributed by atoms with van der Waals surface area (Å²) in [6.45, 7) is 8.21. The van der Waals surface area contributed by atoms with Gasteiger partial charge in [-0.15, -0.1) is 0 Å². The van der Waals surface area contributed by atoms with Crippen LogP contribution in [-0.4, -0.2) is 34.5 Å². The van der Waals surface area contributed by atoms with E-state index in [9.17, 15) is 14.4 Å². The Morgan fingerprint density at radius 2 is 1.71 bits per heavy atom. The number of nitrogens with zero attached hydrogens (tertiary/aromatic N) is 1. The van der Waals surface area contributed by atoms with Crippen molar-refractivity contribution in [3.8, 4) is 0 Å². The molecule has 0 aliphatic carbocycles. The summed E-state index contributed by atoms with van der Waals surface area (Å²) in [6, 6.07) is 8.11. The van der Waals surface area contributed by atoms with Gasteiger partial charge in [0.1, 0.15) is 18.2 Å². The largest absolute Gasteiger partial charge is 0.459 e. The first-order valence-electron chi connectivity index (χ1n) is 7.91. The minimum atomic E-state index is -1.06. The van der Waals surface area contributed by atoms with Crippen molar-refractivity contribution in [3.05, 3.63) is 35.9 Å². The molecule has 132 valence electrons. The molecule has 0 N–H and O–H groups in total. The lowest BCUT2D eigenvalue weighted by atomic mass is 10.2. The number of carbonyl (C=O) groups excluding carboxylic acids is 3. The van der Waals surface area contributed by atoms with Gasteiger partial charge in [0.2, 0.25) is 5.91 Å². The average Bonchev–Trinajstić information content (AvgIpc) is 2.51. The van der Waals surface area contributed by atoms with Crippen LogP contribution in [0.1, 0.15) is 46.6 Å². The molecule has 0 aromatic heterocycles. The van der Waals surface area contributed by atoms with Gasteiger partial charge in [0, 0.05) is 6.42 Å². The van der Waals surface area contributed by atoms with Gasteiger partial charge >= 0.3 is 12.1 Å². The molecule has 2 amide bonds. The summed E-state index contributed by atoms with van der Waals surface area (Å²) in [5.74, 6) is -1.15. The fourth-order valence-electron chi connectivity index (χ4n) is 1.91. The normalized spacial score (nSPS) is 12.2. The van der Waals surface area contributed by atoms with Crippen molar-refractivity contribution in [2.75, 3.05) is 0 Å². The van der Waals surface area contributed by atoms with Gasteiger partial charge in [-0.1, -0.05) is 37.3 Å². The highest BCUT2D eigenvalue weighted by atomic mass is 16.6. The van der Waals surface area contributed by atoms with Crippen LogP contribution in [0.2, 0.25) is 0 Å². The number of esters is 1. The maximum atomic E-state index is 12.3. The Morgan fingerprint density at radius 1 is 1.12 bits per heavy atom. The molecule has 6 heteroatoms. The second-order valence-electron chi connectivity index (χ2n) is 6.37. The highest BCUT2D eigenvalue weighted by Gasteiger charge is 2.34. The smallest absolute Gasteiger partial charge is 0.417 e. The Balaban J connectivity index is 2.79. The zero-order chi connectivity index (χ0) is 18.3. The number of carbonyl (C=O) groups is 3. The minimum Gasteiger partial charge on any atom is -0.459 e. The van der Waals surface area contributed by atoms with Crippen molar-refractivity contribution >= 4 is 18.0 Å². The highest BCUT2D eigenvalue weighted by Crippen LogP contribution is 2.14. The Morgan fingerprint density at radius 3 is 2.21 bits per heavy atom. The SMILES string of the molecule is CCC(=O)N(C(=O)OC(C)(C)C)[C@@H](C)C(=O)OCc1ccccc1. The van der Waals surface area contributed by atoms with Crippen LogP contribution in [-0.2, 0) is 25.7 Å². The van der Waals surface area contributed by atoms with Gasteiger partial charge < -0.3 is 9.47 Å². The van der Waals surface area contributed by atoms with Crippen LogP contribution in [0, 0.1) is 0 Å². The molecule has 0 unspecified atom stereocenters. The first kappa shape index (κ1) is 19.7. The van der Waals surface area contributed by atoms with E-state index in [0.717, 1.165) is 10.5 Å². The van der Waals surface area contributed by atoms with Crippen LogP contribution < -0.4 is 0 Å². The van der Waals surface area contributed by atoms with Crippen LogP contribution in [0.25, 0.3) is 0 Å². The lowest BCUT2D eigenvalue weighted by molar-refractivity contribution is -0.154. The topological polar surface area (TPSA) is 72.9 Å². The van der Waals surface area contributed by atoms with E-state index in [0.29, 0.717) is 0 Å². The number of benzene rings is 1. The van der Waals surface area contributed by atoms with E-state index in [1.807, 2.05) is 30.3 Å². The zero-order valence-corrected chi connectivity index (χ0v) is 14.9. The molecule has 0 spiro atoms. The molecular weight excluding hydrogens is 310 g/mol. The lowest BCUT2D eigenvalue weighted by Crippen LogP contribution is -2.49. The Labute approximate surface area is 142 Å². The molecule has 0 saturated carbocycles. The van der Waals surface area contributed by atoms with Gasteiger partial charge in [0.25, 0.3) is 0 Å². The Bertz CT molecular complexity index is 577.